The van der Waals surface area contributed by atoms with Crippen LogP contribution in [0.5, 0.6) is 0 Å². The average Bonchev–Trinajstić information content (AvgIpc) is 2.77. The molecule has 0 aliphatic rings. The van der Waals surface area contributed by atoms with Gasteiger partial charge >= 0.3 is 0 Å². The molecule has 2 heterocycles. The summed E-state index contributed by atoms with van der Waals surface area (Å²) in [6, 6.07) is 2.03. The number of rotatable bonds is 3. The van der Waals surface area contributed by atoms with E-state index in [0.717, 1.165) is 18.7 Å². The molecule has 0 saturated heterocycles. The van der Waals surface area contributed by atoms with Gasteiger partial charge in [-0.15, -0.1) is 0 Å². The summed E-state index contributed by atoms with van der Waals surface area (Å²) in [5.41, 5.74) is 0.317. The molecule has 0 spiro atoms. The van der Waals surface area contributed by atoms with Gasteiger partial charge in [0, 0.05) is 31.2 Å². The second-order valence-electron chi connectivity index (χ2n) is 3.30. The maximum Gasteiger partial charge on any atom is 0.183 e. The van der Waals surface area contributed by atoms with Crippen LogP contribution in [0.1, 0.15) is 24.9 Å². The average molecular weight is 213 g/mol. The molecule has 2 aromatic rings. The molecule has 0 aromatic carbocycles. The van der Waals surface area contributed by atoms with Crippen LogP contribution in [0.3, 0.4) is 0 Å². The lowest BCUT2D eigenvalue weighted by molar-refractivity contribution is 0.793. The van der Waals surface area contributed by atoms with Crippen molar-refractivity contribution >= 4 is 0 Å². The van der Waals surface area contributed by atoms with Crippen LogP contribution in [-0.2, 0) is 6.42 Å². The molecule has 0 aliphatic heterocycles. The zero-order chi connectivity index (χ0) is 11.4. The summed E-state index contributed by atoms with van der Waals surface area (Å²) in [4.78, 5) is 12.4. The molecule has 16 heavy (non-hydrogen) atoms. The van der Waals surface area contributed by atoms with Gasteiger partial charge in [-0.3, -0.25) is 4.57 Å². The Hall–Kier alpha value is -2.22. The van der Waals surface area contributed by atoms with Crippen LogP contribution in [-0.4, -0.2) is 19.5 Å². The first kappa shape index (κ1) is 10.3. The van der Waals surface area contributed by atoms with E-state index < -0.39 is 0 Å². The number of nitrogens with zero attached hydrogens (tertiary/aromatic N) is 5. The fraction of sp³-hybridized carbons (Fsp3) is 0.273. The van der Waals surface area contributed by atoms with Gasteiger partial charge in [-0.1, -0.05) is 6.92 Å². The molecule has 5 nitrogen and oxygen atoms in total. The standard InChI is InChI=1S/C11H11N5/c1-2-3-10-14-6-7-16(10)11-9(8-12)13-4-5-15-11/h4-7H,2-3H2,1H3. The highest BCUT2D eigenvalue weighted by Gasteiger charge is 2.10. The van der Waals surface area contributed by atoms with Crippen LogP contribution in [0, 0.1) is 11.3 Å². The third kappa shape index (κ3) is 1.77. The van der Waals surface area contributed by atoms with Gasteiger partial charge in [0.2, 0.25) is 0 Å². The lowest BCUT2D eigenvalue weighted by atomic mass is 10.3. The van der Waals surface area contributed by atoms with Gasteiger partial charge in [0.1, 0.15) is 11.9 Å². The SMILES string of the molecule is CCCc1nccn1-c1nccnc1C#N. The van der Waals surface area contributed by atoms with Gasteiger partial charge in [-0.2, -0.15) is 5.26 Å². The molecular weight excluding hydrogens is 202 g/mol. The van der Waals surface area contributed by atoms with E-state index in [4.69, 9.17) is 5.26 Å². The van der Waals surface area contributed by atoms with Gasteiger partial charge in [0.05, 0.1) is 0 Å². The third-order valence-electron chi connectivity index (χ3n) is 2.20. The van der Waals surface area contributed by atoms with Gasteiger partial charge < -0.3 is 0 Å². The second-order valence-corrected chi connectivity index (χ2v) is 3.30. The summed E-state index contributed by atoms with van der Waals surface area (Å²) in [7, 11) is 0. The monoisotopic (exact) mass is 213 g/mol. The summed E-state index contributed by atoms with van der Waals surface area (Å²) in [5.74, 6) is 1.45. The van der Waals surface area contributed by atoms with Gasteiger partial charge in [-0.25, -0.2) is 15.0 Å². The number of hydrogen-bond donors (Lipinski definition) is 0. The summed E-state index contributed by atoms with van der Waals surface area (Å²) in [6.07, 6.45) is 8.45. The molecule has 0 unspecified atom stereocenters. The Morgan fingerprint density at radius 2 is 2.06 bits per heavy atom. The Morgan fingerprint density at radius 1 is 1.25 bits per heavy atom. The zero-order valence-electron chi connectivity index (χ0n) is 8.96. The van der Waals surface area contributed by atoms with E-state index in [1.807, 2.05) is 10.6 Å². The summed E-state index contributed by atoms with van der Waals surface area (Å²) < 4.78 is 1.81. The largest absolute Gasteiger partial charge is 0.285 e. The van der Waals surface area contributed by atoms with E-state index in [1.165, 1.54) is 6.20 Å². The minimum Gasteiger partial charge on any atom is -0.285 e. The van der Waals surface area contributed by atoms with E-state index in [-0.39, 0.29) is 0 Å². The number of aromatic nitrogens is 4. The lowest BCUT2D eigenvalue weighted by Crippen LogP contribution is -2.05. The summed E-state index contributed by atoms with van der Waals surface area (Å²) in [6.45, 7) is 2.08. The molecule has 2 rings (SSSR count). The number of nitriles is 1. The molecule has 0 bridgehead atoms. The fourth-order valence-electron chi connectivity index (χ4n) is 1.52. The first-order chi connectivity index (χ1) is 7.86. The van der Waals surface area contributed by atoms with E-state index >= 15 is 0 Å². The summed E-state index contributed by atoms with van der Waals surface area (Å²) >= 11 is 0. The van der Waals surface area contributed by atoms with E-state index in [9.17, 15) is 0 Å². The van der Waals surface area contributed by atoms with Crippen LogP contribution >= 0.6 is 0 Å². The maximum atomic E-state index is 8.95. The summed E-state index contributed by atoms with van der Waals surface area (Å²) in [5, 5.41) is 8.95. The number of hydrogen-bond acceptors (Lipinski definition) is 4. The predicted molar refractivity (Wildman–Crippen MR) is 57.9 cm³/mol. The second kappa shape index (κ2) is 4.53. The highest BCUT2D eigenvalue weighted by Crippen LogP contribution is 2.11. The quantitative estimate of drug-likeness (QED) is 0.774. The van der Waals surface area contributed by atoms with Crippen molar-refractivity contribution in [3.05, 3.63) is 36.3 Å². The predicted octanol–water partition coefficient (Wildman–Crippen LogP) is 1.49. The molecule has 0 saturated carbocycles. The maximum absolute atomic E-state index is 8.95. The van der Waals surface area contributed by atoms with Crippen molar-refractivity contribution in [3.8, 4) is 11.9 Å². The van der Waals surface area contributed by atoms with Crippen LogP contribution in [0.15, 0.2) is 24.8 Å². The molecule has 0 atom stereocenters. The Labute approximate surface area is 93.4 Å². The fourth-order valence-corrected chi connectivity index (χ4v) is 1.52. The van der Waals surface area contributed by atoms with Gasteiger partial charge in [0.25, 0.3) is 0 Å². The molecular formula is C11H11N5. The highest BCUT2D eigenvalue weighted by molar-refractivity contribution is 5.38. The van der Waals surface area contributed by atoms with Crippen molar-refractivity contribution in [1.29, 1.82) is 5.26 Å². The molecule has 2 aromatic heterocycles. The third-order valence-corrected chi connectivity index (χ3v) is 2.20. The molecule has 0 amide bonds. The van der Waals surface area contributed by atoms with Crippen molar-refractivity contribution in [2.24, 2.45) is 0 Å². The van der Waals surface area contributed by atoms with E-state index in [0.29, 0.717) is 11.5 Å². The molecule has 0 aliphatic carbocycles. The van der Waals surface area contributed by atoms with Crippen molar-refractivity contribution < 1.29 is 0 Å². The Kier molecular flexibility index (Phi) is 2.92. The van der Waals surface area contributed by atoms with E-state index in [2.05, 4.69) is 21.9 Å². The van der Waals surface area contributed by atoms with Gasteiger partial charge in [0.15, 0.2) is 11.5 Å². The minimum absolute atomic E-state index is 0.317. The highest BCUT2D eigenvalue weighted by atomic mass is 15.1. The lowest BCUT2D eigenvalue weighted by Gasteiger charge is -2.06. The minimum atomic E-state index is 0.317. The smallest absolute Gasteiger partial charge is 0.183 e. The topological polar surface area (TPSA) is 67.4 Å². The molecule has 0 N–H and O–H groups in total. The Bertz CT molecular complexity index is 523. The van der Waals surface area contributed by atoms with Crippen molar-refractivity contribution in [1.82, 2.24) is 19.5 Å². The normalized spacial score (nSPS) is 10.0. The molecule has 0 radical (unpaired) electrons. The Morgan fingerprint density at radius 3 is 2.81 bits per heavy atom. The van der Waals surface area contributed by atoms with Crippen LogP contribution < -0.4 is 0 Å². The van der Waals surface area contributed by atoms with Crippen LogP contribution in [0.25, 0.3) is 5.82 Å². The molecule has 80 valence electrons. The van der Waals surface area contributed by atoms with Gasteiger partial charge in [-0.05, 0) is 6.42 Å². The molecule has 0 fully saturated rings. The molecule has 5 heteroatoms. The van der Waals surface area contributed by atoms with Crippen molar-refractivity contribution in [3.63, 3.8) is 0 Å². The first-order valence-electron chi connectivity index (χ1n) is 5.10. The van der Waals surface area contributed by atoms with E-state index in [1.54, 1.807) is 18.6 Å². The van der Waals surface area contributed by atoms with Crippen LogP contribution in [0.2, 0.25) is 0 Å². The van der Waals surface area contributed by atoms with Crippen molar-refractivity contribution in [2.75, 3.05) is 0 Å². The first-order valence-corrected chi connectivity index (χ1v) is 5.10. The number of imidazole rings is 1. The van der Waals surface area contributed by atoms with Crippen LogP contribution in [0.4, 0.5) is 0 Å². The Balaban J connectivity index is 2.51. The zero-order valence-corrected chi connectivity index (χ0v) is 8.96. The van der Waals surface area contributed by atoms with Crippen molar-refractivity contribution in [2.45, 2.75) is 19.8 Å². The number of aryl methyl sites for hydroxylation is 1.